The van der Waals surface area contributed by atoms with Gasteiger partial charge in [0.25, 0.3) is 0 Å². The first kappa shape index (κ1) is 32.8. The van der Waals surface area contributed by atoms with Crippen molar-refractivity contribution in [2.75, 3.05) is 19.7 Å². The maximum atomic E-state index is 17.3. The molecule has 8 atom stereocenters. The number of aliphatic hydroxyl groups excluding tert-OH is 1. The minimum atomic E-state index is -2.13. The summed E-state index contributed by atoms with van der Waals surface area (Å²) < 4.78 is 27.6. The first-order chi connectivity index (χ1) is 19.7. The molecule has 0 aromatic carbocycles. The number of ether oxygens (including phenoxy) is 2. The number of rotatable bonds is 7. The van der Waals surface area contributed by atoms with Crippen LogP contribution in [0.15, 0.2) is 23.8 Å². The van der Waals surface area contributed by atoms with Crippen molar-refractivity contribution in [2.24, 2.45) is 28.6 Å². The maximum absolute atomic E-state index is 17.3. The Hall–Kier alpha value is -3.12. The third kappa shape index (κ3) is 5.20. The summed E-state index contributed by atoms with van der Waals surface area (Å²) in [6.45, 7) is 7.21. The normalized spacial score (nSPS) is 38.3. The molecule has 43 heavy (non-hydrogen) atoms. The number of carboxylic acids is 1. The van der Waals surface area contributed by atoms with Crippen LogP contribution in [0.5, 0.6) is 0 Å². The zero-order valence-electron chi connectivity index (χ0n) is 25.5. The van der Waals surface area contributed by atoms with Crippen LogP contribution in [-0.2, 0) is 28.7 Å². The molecule has 0 radical (unpaired) electrons. The molecule has 4 rings (SSSR count). The van der Waals surface area contributed by atoms with Crippen LogP contribution in [0, 0.1) is 28.6 Å². The number of nitrogens with zero attached hydrogens (tertiary/aromatic N) is 1. The summed E-state index contributed by atoms with van der Waals surface area (Å²) in [4.78, 5) is 62.6. The summed E-state index contributed by atoms with van der Waals surface area (Å²) in [5.41, 5.74) is -7.01. The molecule has 0 heterocycles. The topological polar surface area (TPSA) is 168 Å². The van der Waals surface area contributed by atoms with E-state index in [1.807, 2.05) is 0 Å². The second-order valence-electron chi connectivity index (χ2n) is 14.0. The largest absolute Gasteiger partial charge is 0.480 e. The van der Waals surface area contributed by atoms with Crippen LogP contribution in [0.1, 0.15) is 67.2 Å². The van der Waals surface area contributed by atoms with Crippen molar-refractivity contribution >= 4 is 29.6 Å². The number of fused-ring (bicyclic) bond motifs is 5. The number of carboxylic acid groups (broad SMARTS) is 1. The van der Waals surface area contributed by atoms with Gasteiger partial charge in [-0.15, -0.1) is 0 Å². The summed E-state index contributed by atoms with van der Waals surface area (Å²) in [6, 6.07) is 0. The molecule has 11 nitrogen and oxygen atoms in total. The van der Waals surface area contributed by atoms with Gasteiger partial charge in [-0.25, -0.2) is 9.18 Å². The Bertz CT molecular complexity index is 1290. The Kier molecular flexibility index (Phi) is 8.23. The average Bonchev–Trinajstić information content (AvgIpc) is 3.08. The smallest absolute Gasteiger partial charge is 0.411 e. The van der Waals surface area contributed by atoms with Gasteiger partial charge in [0, 0.05) is 16.7 Å². The minimum Gasteiger partial charge on any atom is -0.480 e. The lowest BCUT2D eigenvalue weighted by molar-refractivity contribution is -0.220. The van der Waals surface area contributed by atoms with E-state index in [9.17, 15) is 34.2 Å². The Balaban J connectivity index is 1.52. The first-order valence-corrected chi connectivity index (χ1v) is 14.6. The van der Waals surface area contributed by atoms with Gasteiger partial charge >= 0.3 is 18.0 Å². The summed E-state index contributed by atoms with van der Waals surface area (Å²) >= 11 is 0. The van der Waals surface area contributed by atoms with Crippen LogP contribution >= 0.6 is 0 Å². The minimum absolute atomic E-state index is 0.231. The molecule has 12 heteroatoms. The number of Topliss-reactive ketones (excluding diaryl/α,β-unsaturated/α-hetero) is 1. The zero-order chi connectivity index (χ0) is 32.3. The third-order valence-corrected chi connectivity index (χ3v) is 10.3. The number of allylic oxidation sites excluding steroid dienone is 4. The van der Waals surface area contributed by atoms with Crippen molar-refractivity contribution in [3.05, 3.63) is 23.8 Å². The Morgan fingerprint density at radius 1 is 1.14 bits per heavy atom. The highest BCUT2D eigenvalue weighted by molar-refractivity contribution is 6.01. The number of esters is 1. The summed E-state index contributed by atoms with van der Waals surface area (Å²) in [6.07, 6.45) is 2.48. The van der Waals surface area contributed by atoms with Gasteiger partial charge < -0.3 is 24.8 Å². The molecule has 0 aliphatic heterocycles. The van der Waals surface area contributed by atoms with E-state index in [0.29, 0.717) is 29.7 Å². The SMILES string of the molecule is C[C@H]1CC2[C@@H]3CCC4=CC(=O)C=C[C@]4(C)[C@@]3(F)[C@@H](O)C[C@]2(C)[C@@]1(O)C(=O)COC(=O)CN(CC(=O)O)C(=O)OC(C)(C)C. The fourth-order valence-corrected chi connectivity index (χ4v) is 8.27. The molecule has 0 bridgehead atoms. The van der Waals surface area contributed by atoms with Crippen LogP contribution in [0.2, 0.25) is 0 Å². The standard InChI is InChI=1S/C31H42FNO10/c1-17-11-21-20-8-7-18-12-19(34)9-10-28(18,5)30(20,32)22(35)13-29(21,6)31(17,41)23(36)16-42-25(39)15-33(14-24(37)38)26(40)43-27(2,3)4/h9-10,12,17,20-22,35,41H,7-8,11,13-16H2,1-6H3,(H,37,38)/t17-,20-,21?,22-,28-,29-,30-,31-/m0/s1. The van der Waals surface area contributed by atoms with Gasteiger partial charge in [0.2, 0.25) is 5.78 Å². The number of carbonyl (C=O) groups is 5. The Morgan fingerprint density at radius 2 is 1.79 bits per heavy atom. The van der Waals surface area contributed by atoms with E-state index in [4.69, 9.17) is 14.6 Å². The zero-order valence-corrected chi connectivity index (χ0v) is 25.5. The second-order valence-corrected chi connectivity index (χ2v) is 14.0. The molecule has 0 aromatic heterocycles. The van der Waals surface area contributed by atoms with Crippen LogP contribution < -0.4 is 0 Å². The lowest BCUT2D eigenvalue weighted by atomic mass is 9.44. The molecule has 3 saturated carbocycles. The lowest BCUT2D eigenvalue weighted by Gasteiger charge is -2.62. The molecule has 0 spiro atoms. The van der Waals surface area contributed by atoms with E-state index >= 15 is 4.39 Å². The second kappa shape index (κ2) is 10.8. The fraction of sp³-hybridized carbons (Fsp3) is 0.710. The van der Waals surface area contributed by atoms with Crippen molar-refractivity contribution < 1.29 is 53.2 Å². The lowest BCUT2D eigenvalue weighted by Crippen LogP contribution is -2.69. The number of carbonyl (C=O) groups excluding carboxylic acids is 4. The molecular weight excluding hydrogens is 565 g/mol. The number of aliphatic hydroxyl groups is 2. The first-order valence-electron chi connectivity index (χ1n) is 14.6. The van der Waals surface area contributed by atoms with E-state index in [0.717, 1.165) is 0 Å². The number of ketones is 2. The van der Waals surface area contributed by atoms with Gasteiger partial charge in [0.15, 0.2) is 18.1 Å². The number of hydrogen-bond acceptors (Lipinski definition) is 9. The maximum Gasteiger partial charge on any atom is 0.411 e. The van der Waals surface area contributed by atoms with Crippen molar-refractivity contribution in [2.45, 2.75) is 90.2 Å². The van der Waals surface area contributed by atoms with Gasteiger partial charge in [-0.2, -0.15) is 0 Å². The number of amides is 1. The number of hydrogen-bond donors (Lipinski definition) is 3. The summed E-state index contributed by atoms with van der Waals surface area (Å²) in [5, 5.41) is 32.6. The summed E-state index contributed by atoms with van der Waals surface area (Å²) in [7, 11) is 0. The molecule has 1 amide bonds. The Morgan fingerprint density at radius 3 is 2.40 bits per heavy atom. The van der Waals surface area contributed by atoms with E-state index in [2.05, 4.69) is 0 Å². The van der Waals surface area contributed by atoms with Crippen molar-refractivity contribution in [1.82, 2.24) is 4.90 Å². The Labute approximate surface area is 250 Å². The molecule has 3 N–H and O–H groups in total. The van der Waals surface area contributed by atoms with Gasteiger partial charge in [-0.1, -0.05) is 25.5 Å². The fourth-order valence-electron chi connectivity index (χ4n) is 8.27. The molecule has 1 unspecified atom stereocenters. The van der Waals surface area contributed by atoms with Crippen LogP contribution in [0.25, 0.3) is 0 Å². The molecule has 0 aromatic rings. The molecule has 0 saturated heterocycles. The van der Waals surface area contributed by atoms with E-state index in [1.54, 1.807) is 41.5 Å². The van der Waals surface area contributed by atoms with E-state index < -0.39 is 95.1 Å². The highest BCUT2D eigenvalue weighted by Crippen LogP contribution is 2.70. The van der Waals surface area contributed by atoms with Crippen molar-refractivity contribution in [1.29, 1.82) is 0 Å². The quantitative estimate of drug-likeness (QED) is 0.366. The average molecular weight is 608 g/mol. The third-order valence-electron chi connectivity index (χ3n) is 10.3. The van der Waals surface area contributed by atoms with Gasteiger partial charge in [0.05, 0.1) is 6.10 Å². The monoisotopic (exact) mass is 607 g/mol. The number of aliphatic carboxylic acids is 1. The van der Waals surface area contributed by atoms with Crippen molar-refractivity contribution in [3.63, 3.8) is 0 Å². The summed E-state index contributed by atoms with van der Waals surface area (Å²) in [5.74, 6) is -5.41. The predicted molar refractivity (Wildman–Crippen MR) is 149 cm³/mol. The highest BCUT2D eigenvalue weighted by atomic mass is 19.1. The molecule has 4 aliphatic rings. The van der Waals surface area contributed by atoms with Crippen LogP contribution in [0.4, 0.5) is 9.18 Å². The molecule has 238 valence electrons. The molecule has 3 fully saturated rings. The van der Waals surface area contributed by atoms with E-state index in [-0.39, 0.29) is 12.2 Å². The van der Waals surface area contributed by atoms with Gasteiger partial charge in [-0.05, 0) is 77.4 Å². The molecule has 4 aliphatic carbocycles. The van der Waals surface area contributed by atoms with Crippen LogP contribution in [-0.4, -0.2) is 92.5 Å². The number of halogens is 1. The predicted octanol–water partition coefficient (Wildman–Crippen LogP) is 2.77. The molecular formula is C31H42FNO10. The van der Waals surface area contributed by atoms with Gasteiger partial charge in [-0.3, -0.25) is 24.1 Å². The highest BCUT2D eigenvalue weighted by Gasteiger charge is 2.75. The van der Waals surface area contributed by atoms with E-state index in [1.165, 1.54) is 18.2 Å². The van der Waals surface area contributed by atoms with Crippen molar-refractivity contribution in [3.8, 4) is 0 Å². The van der Waals surface area contributed by atoms with Crippen LogP contribution in [0.3, 0.4) is 0 Å². The van der Waals surface area contributed by atoms with Gasteiger partial charge in [0.1, 0.15) is 24.3 Å². The number of alkyl halides is 1.